The second-order valence-corrected chi connectivity index (χ2v) is 5.27. The minimum atomic E-state index is -0.439. The molecular formula is C15H16ClFN2O. The monoisotopic (exact) mass is 294 g/mol. The van der Waals surface area contributed by atoms with Gasteiger partial charge in [0.2, 0.25) is 0 Å². The maximum atomic E-state index is 13.7. The van der Waals surface area contributed by atoms with E-state index in [1.54, 1.807) is 10.7 Å². The van der Waals surface area contributed by atoms with Crippen molar-refractivity contribution in [2.24, 2.45) is 7.05 Å². The summed E-state index contributed by atoms with van der Waals surface area (Å²) in [5.41, 5.74) is 2.96. The number of ketones is 1. The molecular weight excluding hydrogens is 279 g/mol. The first-order valence-corrected chi connectivity index (χ1v) is 6.71. The van der Waals surface area contributed by atoms with Crippen molar-refractivity contribution in [3.63, 3.8) is 0 Å². The summed E-state index contributed by atoms with van der Waals surface area (Å²) >= 11 is 5.93. The molecule has 1 heterocycles. The Morgan fingerprint density at radius 3 is 2.50 bits per heavy atom. The van der Waals surface area contributed by atoms with Crippen molar-refractivity contribution >= 4 is 17.4 Å². The van der Waals surface area contributed by atoms with Crippen molar-refractivity contribution in [1.82, 2.24) is 9.78 Å². The van der Waals surface area contributed by atoms with Gasteiger partial charge in [0, 0.05) is 41.7 Å². The molecule has 0 N–H and O–H groups in total. The molecule has 0 saturated carbocycles. The molecule has 3 nitrogen and oxygen atoms in total. The number of carbonyl (C=O) groups is 1. The van der Waals surface area contributed by atoms with Crippen LogP contribution < -0.4 is 0 Å². The Labute approximate surface area is 122 Å². The van der Waals surface area contributed by atoms with Crippen LogP contribution in [0.15, 0.2) is 18.2 Å². The summed E-state index contributed by atoms with van der Waals surface area (Å²) in [5, 5.41) is 4.56. The van der Waals surface area contributed by atoms with Gasteiger partial charge in [-0.05, 0) is 26.0 Å². The molecule has 0 saturated heterocycles. The topological polar surface area (TPSA) is 34.9 Å². The van der Waals surface area contributed by atoms with Gasteiger partial charge in [0.15, 0.2) is 0 Å². The fourth-order valence-electron chi connectivity index (χ4n) is 2.23. The molecule has 0 bridgehead atoms. The molecule has 1 aromatic carbocycles. The van der Waals surface area contributed by atoms with Gasteiger partial charge < -0.3 is 0 Å². The van der Waals surface area contributed by atoms with Crippen LogP contribution in [0.25, 0.3) is 0 Å². The van der Waals surface area contributed by atoms with Gasteiger partial charge in [-0.25, -0.2) is 4.39 Å². The van der Waals surface area contributed by atoms with Crippen LogP contribution in [0.4, 0.5) is 4.39 Å². The molecule has 5 heteroatoms. The summed E-state index contributed by atoms with van der Waals surface area (Å²) in [4.78, 5) is 12.1. The lowest BCUT2D eigenvalue weighted by atomic mass is 10.0. The Hall–Kier alpha value is -1.68. The predicted molar refractivity (Wildman–Crippen MR) is 76.5 cm³/mol. The maximum Gasteiger partial charge on any atom is 0.141 e. The fourth-order valence-corrected chi connectivity index (χ4v) is 2.46. The molecule has 2 rings (SSSR count). The smallest absolute Gasteiger partial charge is 0.141 e. The zero-order valence-corrected chi connectivity index (χ0v) is 12.5. The highest BCUT2D eigenvalue weighted by Gasteiger charge is 2.16. The van der Waals surface area contributed by atoms with E-state index in [4.69, 9.17) is 11.6 Å². The largest absolute Gasteiger partial charge is 0.299 e. The molecule has 0 amide bonds. The lowest BCUT2D eigenvalue weighted by Crippen LogP contribution is -2.10. The average molecular weight is 295 g/mol. The third-order valence-electron chi connectivity index (χ3n) is 3.47. The second-order valence-electron chi connectivity index (χ2n) is 4.87. The Kier molecular flexibility index (Phi) is 4.23. The summed E-state index contributed by atoms with van der Waals surface area (Å²) in [5.74, 6) is -0.512. The van der Waals surface area contributed by atoms with Crippen molar-refractivity contribution in [2.45, 2.75) is 26.7 Å². The molecule has 0 fully saturated rings. The number of halogens is 2. The van der Waals surface area contributed by atoms with E-state index in [0.29, 0.717) is 0 Å². The molecule has 0 aliphatic heterocycles. The Balaban J connectivity index is 2.18. The predicted octanol–water partition coefficient (Wildman–Crippen LogP) is 3.18. The first-order chi connectivity index (χ1) is 9.40. The van der Waals surface area contributed by atoms with E-state index >= 15 is 0 Å². The number of Topliss-reactive ketones (excluding diaryl/α,β-unsaturated/α-hetero) is 1. The van der Waals surface area contributed by atoms with Crippen LogP contribution in [-0.4, -0.2) is 15.6 Å². The lowest BCUT2D eigenvalue weighted by molar-refractivity contribution is -0.117. The normalized spacial score (nSPS) is 10.8. The lowest BCUT2D eigenvalue weighted by Gasteiger charge is -2.06. The van der Waals surface area contributed by atoms with Crippen molar-refractivity contribution in [2.75, 3.05) is 0 Å². The van der Waals surface area contributed by atoms with E-state index in [9.17, 15) is 9.18 Å². The highest BCUT2D eigenvalue weighted by atomic mass is 35.5. The van der Waals surface area contributed by atoms with Gasteiger partial charge in [-0.15, -0.1) is 0 Å². The molecule has 0 spiro atoms. The zero-order valence-electron chi connectivity index (χ0n) is 11.7. The third kappa shape index (κ3) is 2.90. The summed E-state index contributed by atoms with van der Waals surface area (Å²) in [6.45, 7) is 3.78. The second kappa shape index (κ2) is 5.75. The van der Waals surface area contributed by atoms with E-state index in [1.165, 1.54) is 12.1 Å². The Morgan fingerprint density at radius 2 is 1.95 bits per heavy atom. The van der Waals surface area contributed by atoms with Gasteiger partial charge in [-0.2, -0.15) is 5.10 Å². The third-order valence-corrected chi connectivity index (χ3v) is 3.82. The number of hydrogen-bond donors (Lipinski definition) is 0. The average Bonchev–Trinajstić information content (AvgIpc) is 2.61. The summed E-state index contributed by atoms with van der Waals surface area (Å²) in [6.07, 6.45) is 0.245. The van der Waals surface area contributed by atoms with Crippen molar-refractivity contribution in [3.05, 3.63) is 51.6 Å². The molecule has 0 unspecified atom stereocenters. The number of hydrogen-bond acceptors (Lipinski definition) is 2. The number of aryl methyl sites for hydroxylation is 2. The standard InChI is InChI=1S/C15H16ClFN2O/c1-9-12(10(2)19(3)18-9)7-11(20)8-13-14(16)5-4-6-15(13)17/h4-6H,7-8H2,1-3H3. The maximum absolute atomic E-state index is 13.7. The van der Waals surface area contributed by atoms with Crippen LogP contribution in [0.2, 0.25) is 5.02 Å². The number of benzene rings is 1. The van der Waals surface area contributed by atoms with Gasteiger partial charge in [0.1, 0.15) is 11.6 Å². The molecule has 0 aliphatic carbocycles. The fraction of sp³-hybridized carbons (Fsp3) is 0.333. The minimum absolute atomic E-state index is 0.000713. The van der Waals surface area contributed by atoms with E-state index in [1.807, 2.05) is 20.9 Å². The molecule has 106 valence electrons. The number of carbonyl (C=O) groups excluding carboxylic acids is 1. The molecule has 2 aromatic rings. The van der Waals surface area contributed by atoms with Crippen LogP contribution >= 0.6 is 11.6 Å². The van der Waals surface area contributed by atoms with Crippen molar-refractivity contribution in [3.8, 4) is 0 Å². The van der Waals surface area contributed by atoms with Crippen LogP contribution in [-0.2, 0) is 24.7 Å². The zero-order chi connectivity index (χ0) is 14.9. The van der Waals surface area contributed by atoms with Crippen LogP contribution in [0.3, 0.4) is 0 Å². The molecule has 1 aromatic heterocycles. The van der Waals surface area contributed by atoms with Crippen molar-refractivity contribution < 1.29 is 9.18 Å². The minimum Gasteiger partial charge on any atom is -0.299 e. The number of nitrogens with zero attached hydrogens (tertiary/aromatic N) is 2. The highest BCUT2D eigenvalue weighted by molar-refractivity contribution is 6.31. The number of rotatable bonds is 4. The quantitative estimate of drug-likeness (QED) is 0.868. The summed E-state index contributed by atoms with van der Waals surface area (Å²) in [7, 11) is 1.84. The van der Waals surface area contributed by atoms with E-state index in [-0.39, 0.29) is 29.2 Å². The summed E-state index contributed by atoms with van der Waals surface area (Å²) < 4.78 is 15.4. The SMILES string of the molecule is Cc1nn(C)c(C)c1CC(=O)Cc1c(F)cccc1Cl. The van der Waals surface area contributed by atoms with E-state index in [2.05, 4.69) is 5.10 Å². The molecule has 20 heavy (non-hydrogen) atoms. The molecule has 0 aliphatic rings. The van der Waals surface area contributed by atoms with Gasteiger partial charge in [0.05, 0.1) is 5.69 Å². The van der Waals surface area contributed by atoms with Gasteiger partial charge in [-0.1, -0.05) is 17.7 Å². The van der Waals surface area contributed by atoms with Gasteiger partial charge in [0.25, 0.3) is 0 Å². The first-order valence-electron chi connectivity index (χ1n) is 6.33. The van der Waals surface area contributed by atoms with Gasteiger partial charge in [-0.3, -0.25) is 9.48 Å². The molecule has 0 radical (unpaired) electrons. The Bertz CT molecular complexity index is 644. The Morgan fingerprint density at radius 1 is 1.30 bits per heavy atom. The van der Waals surface area contributed by atoms with Gasteiger partial charge >= 0.3 is 0 Å². The van der Waals surface area contributed by atoms with E-state index in [0.717, 1.165) is 17.0 Å². The van der Waals surface area contributed by atoms with Crippen LogP contribution in [0.5, 0.6) is 0 Å². The highest BCUT2D eigenvalue weighted by Crippen LogP contribution is 2.21. The molecule has 0 atom stereocenters. The van der Waals surface area contributed by atoms with Crippen LogP contribution in [0, 0.1) is 19.7 Å². The summed E-state index contributed by atoms with van der Waals surface area (Å²) in [6, 6.07) is 4.43. The van der Waals surface area contributed by atoms with Crippen molar-refractivity contribution in [1.29, 1.82) is 0 Å². The van der Waals surface area contributed by atoms with E-state index < -0.39 is 5.82 Å². The number of aromatic nitrogens is 2. The van der Waals surface area contributed by atoms with Crippen LogP contribution in [0.1, 0.15) is 22.5 Å². The first kappa shape index (κ1) is 14.7.